The molecule has 16 heavy (non-hydrogen) atoms. The number of anilines is 2. The second kappa shape index (κ2) is 4.17. The predicted octanol–water partition coefficient (Wildman–Crippen LogP) is 2.13. The minimum absolute atomic E-state index is 0.668. The smallest absolute Gasteiger partial charge is 0.152 e. The highest BCUT2D eigenvalue weighted by Crippen LogP contribution is 2.34. The van der Waals surface area contributed by atoms with Crippen molar-refractivity contribution in [1.82, 2.24) is 4.98 Å². The molecule has 0 aromatic carbocycles. The molecule has 86 valence electrons. The highest BCUT2D eigenvalue weighted by Gasteiger charge is 2.28. The average molecular weight is 235 g/mol. The summed E-state index contributed by atoms with van der Waals surface area (Å²) in [5, 5.41) is 3.54. The fraction of sp³-hybridized carbons (Fsp3) is 0.583. The third-order valence-electron chi connectivity index (χ3n) is 3.42. The van der Waals surface area contributed by atoms with E-state index in [0.717, 1.165) is 13.1 Å². The molecule has 0 bridgehead atoms. The van der Waals surface area contributed by atoms with Crippen molar-refractivity contribution in [2.45, 2.75) is 19.4 Å². The van der Waals surface area contributed by atoms with Gasteiger partial charge in [-0.25, -0.2) is 4.98 Å². The number of hydrogen-bond acceptors (Lipinski definition) is 4. The van der Waals surface area contributed by atoms with Crippen molar-refractivity contribution >= 4 is 23.3 Å². The zero-order valence-electron chi connectivity index (χ0n) is 9.57. The van der Waals surface area contributed by atoms with Gasteiger partial charge in [-0.05, 0) is 25.0 Å². The molecule has 3 heterocycles. The molecule has 0 radical (unpaired) electrons. The normalized spacial score (nSPS) is 24.1. The molecule has 1 N–H and O–H groups in total. The number of aryl methyl sites for hydroxylation is 1. The van der Waals surface area contributed by atoms with Gasteiger partial charge in [0.25, 0.3) is 0 Å². The highest BCUT2D eigenvalue weighted by atomic mass is 32.2. The van der Waals surface area contributed by atoms with Crippen LogP contribution in [0.25, 0.3) is 0 Å². The number of hydrogen-bond donors (Lipinski definition) is 1. The van der Waals surface area contributed by atoms with E-state index in [4.69, 9.17) is 0 Å². The minimum atomic E-state index is 0.668. The van der Waals surface area contributed by atoms with E-state index in [1.54, 1.807) is 0 Å². The standard InChI is InChI=1S/C12H17N3S/c1-9-2-4-14-12-11(9)13-5-3-10-8-16-7-6-15(10)12/h2,4,10,13H,3,5-8H2,1H3. The molecule has 1 unspecified atom stereocenters. The van der Waals surface area contributed by atoms with Gasteiger partial charge in [-0.1, -0.05) is 0 Å². The molecule has 0 saturated carbocycles. The molecule has 3 nitrogen and oxygen atoms in total. The van der Waals surface area contributed by atoms with Crippen LogP contribution in [0.4, 0.5) is 11.5 Å². The summed E-state index contributed by atoms with van der Waals surface area (Å²) >= 11 is 2.07. The third kappa shape index (κ3) is 1.65. The van der Waals surface area contributed by atoms with Gasteiger partial charge in [0.05, 0.1) is 5.69 Å². The van der Waals surface area contributed by atoms with E-state index < -0.39 is 0 Å². The molecule has 2 aliphatic heterocycles. The van der Waals surface area contributed by atoms with Crippen molar-refractivity contribution in [3.8, 4) is 0 Å². The van der Waals surface area contributed by atoms with Crippen molar-refractivity contribution < 1.29 is 0 Å². The van der Waals surface area contributed by atoms with Crippen LogP contribution in [0.5, 0.6) is 0 Å². The molecule has 1 saturated heterocycles. The fourth-order valence-corrected chi connectivity index (χ4v) is 3.63. The van der Waals surface area contributed by atoms with Crippen molar-refractivity contribution in [3.63, 3.8) is 0 Å². The lowest BCUT2D eigenvalue weighted by Gasteiger charge is -2.35. The minimum Gasteiger partial charge on any atom is -0.382 e. The molecular weight excluding hydrogens is 218 g/mol. The van der Waals surface area contributed by atoms with Crippen LogP contribution in [-0.4, -0.2) is 35.6 Å². The molecule has 3 rings (SSSR count). The summed E-state index contributed by atoms with van der Waals surface area (Å²) < 4.78 is 0. The molecule has 0 amide bonds. The van der Waals surface area contributed by atoms with Gasteiger partial charge in [0, 0.05) is 36.8 Å². The Balaban J connectivity index is 2.04. The second-order valence-electron chi connectivity index (χ2n) is 4.46. The zero-order valence-corrected chi connectivity index (χ0v) is 10.4. The fourth-order valence-electron chi connectivity index (χ4n) is 2.52. The van der Waals surface area contributed by atoms with Gasteiger partial charge in [-0.2, -0.15) is 11.8 Å². The van der Waals surface area contributed by atoms with Gasteiger partial charge < -0.3 is 10.2 Å². The molecule has 1 aromatic rings. The Labute approximate surface area is 101 Å². The van der Waals surface area contributed by atoms with Gasteiger partial charge in [-0.15, -0.1) is 0 Å². The van der Waals surface area contributed by atoms with Crippen LogP contribution in [0.2, 0.25) is 0 Å². The van der Waals surface area contributed by atoms with Crippen molar-refractivity contribution in [2.24, 2.45) is 0 Å². The lowest BCUT2D eigenvalue weighted by Crippen LogP contribution is -2.42. The Hall–Kier alpha value is -0.900. The summed E-state index contributed by atoms with van der Waals surface area (Å²) in [5.41, 5.74) is 2.56. The summed E-state index contributed by atoms with van der Waals surface area (Å²) in [4.78, 5) is 7.08. The number of nitrogens with zero attached hydrogens (tertiary/aromatic N) is 2. The van der Waals surface area contributed by atoms with E-state index in [1.807, 2.05) is 6.20 Å². The maximum Gasteiger partial charge on any atom is 0.152 e. The molecule has 2 aliphatic rings. The van der Waals surface area contributed by atoms with Gasteiger partial charge in [0.15, 0.2) is 5.82 Å². The van der Waals surface area contributed by atoms with Crippen LogP contribution in [0, 0.1) is 6.92 Å². The summed E-state index contributed by atoms with van der Waals surface area (Å²) in [5.74, 6) is 3.64. The average Bonchev–Trinajstić information content (AvgIpc) is 2.50. The Morgan fingerprint density at radius 2 is 2.50 bits per heavy atom. The third-order valence-corrected chi connectivity index (χ3v) is 4.51. The second-order valence-corrected chi connectivity index (χ2v) is 5.61. The van der Waals surface area contributed by atoms with Crippen LogP contribution in [0.1, 0.15) is 12.0 Å². The molecule has 1 fully saturated rings. The first-order valence-corrected chi connectivity index (χ1v) is 7.05. The molecule has 4 heteroatoms. The Morgan fingerprint density at radius 1 is 1.56 bits per heavy atom. The number of rotatable bonds is 0. The first-order valence-electron chi connectivity index (χ1n) is 5.90. The van der Waals surface area contributed by atoms with Gasteiger partial charge in [0.1, 0.15) is 0 Å². The Morgan fingerprint density at radius 3 is 3.44 bits per heavy atom. The van der Waals surface area contributed by atoms with Crippen LogP contribution >= 0.6 is 11.8 Å². The van der Waals surface area contributed by atoms with Crippen molar-refractivity contribution in [2.75, 3.05) is 34.8 Å². The van der Waals surface area contributed by atoms with Crippen LogP contribution in [-0.2, 0) is 0 Å². The van der Waals surface area contributed by atoms with Crippen LogP contribution in [0.3, 0.4) is 0 Å². The number of pyridine rings is 1. The quantitative estimate of drug-likeness (QED) is 0.745. The monoisotopic (exact) mass is 235 g/mol. The van der Waals surface area contributed by atoms with E-state index in [1.165, 1.54) is 35.0 Å². The van der Waals surface area contributed by atoms with E-state index >= 15 is 0 Å². The lowest BCUT2D eigenvalue weighted by atomic mass is 10.2. The maximum atomic E-state index is 4.58. The summed E-state index contributed by atoms with van der Waals surface area (Å²) in [7, 11) is 0. The van der Waals surface area contributed by atoms with Gasteiger partial charge >= 0.3 is 0 Å². The summed E-state index contributed by atoms with van der Waals surface area (Å²) in [6.07, 6.45) is 3.16. The predicted molar refractivity (Wildman–Crippen MR) is 70.5 cm³/mol. The van der Waals surface area contributed by atoms with E-state index in [2.05, 4.69) is 40.0 Å². The first kappa shape index (κ1) is 10.3. The van der Waals surface area contributed by atoms with Crippen molar-refractivity contribution in [1.29, 1.82) is 0 Å². The number of aromatic nitrogens is 1. The molecule has 1 aromatic heterocycles. The largest absolute Gasteiger partial charge is 0.382 e. The molecular formula is C12H17N3S. The van der Waals surface area contributed by atoms with Crippen LogP contribution < -0.4 is 10.2 Å². The first-order chi connectivity index (χ1) is 7.86. The molecule has 0 aliphatic carbocycles. The number of nitrogens with one attached hydrogen (secondary N) is 1. The highest BCUT2D eigenvalue weighted by molar-refractivity contribution is 7.99. The molecule has 1 atom stereocenters. The lowest BCUT2D eigenvalue weighted by molar-refractivity contribution is 0.619. The van der Waals surface area contributed by atoms with Gasteiger partial charge in [0.2, 0.25) is 0 Å². The zero-order chi connectivity index (χ0) is 11.0. The van der Waals surface area contributed by atoms with Gasteiger partial charge in [-0.3, -0.25) is 0 Å². The summed E-state index contributed by atoms with van der Waals surface area (Å²) in [6, 6.07) is 2.76. The van der Waals surface area contributed by atoms with Crippen molar-refractivity contribution in [3.05, 3.63) is 17.8 Å². The molecule has 0 spiro atoms. The van der Waals surface area contributed by atoms with E-state index in [-0.39, 0.29) is 0 Å². The number of thioether (sulfide) groups is 1. The Kier molecular flexibility index (Phi) is 2.67. The Bertz CT molecular complexity index is 394. The topological polar surface area (TPSA) is 28.2 Å². The number of fused-ring (bicyclic) bond motifs is 3. The summed E-state index contributed by atoms with van der Waals surface area (Å²) in [6.45, 7) is 4.37. The van der Waals surface area contributed by atoms with Crippen LogP contribution in [0.15, 0.2) is 12.3 Å². The van der Waals surface area contributed by atoms with E-state index in [9.17, 15) is 0 Å². The SMILES string of the molecule is Cc1ccnc2c1NCCC1CSCCN21. The van der Waals surface area contributed by atoms with E-state index in [0.29, 0.717) is 6.04 Å². The maximum absolute atomic E-state index is 4.58.